The molecule has 1 saturated heterocycles. The monoisotopic (exact) mass is 518 g/mol. The van der Waals surface area contributed by atoms with Crippen molar-refractivity contribution in [2.45, 2.75) is 51.0 Å². The molecule has 0 saturated carbocycles. The second-order valence-corrected chi connectivity index (χ2v) is 10.1. The normalized spacial score (nSPS) is 19.7. The van der Waals surface area contributed by atoms with E-state index in [1.807, 2.05) is 30.3 Å². The lowest BCUT2D eigenvalue weighted by Crippen LogP contribution is -2.70. The van der Waals surface area contributed by atoms with E-state index < -0.39 is 41.8 Å². The van der Waals surface area contributed by atoms with Crippen LogP contribution in [0.3, 0.4) is 0 Å². The standard InChI is InChI=1S/C24H26N2O7S2/c1-5-11-34-17-13-35-22-19(25-18(27)12-16-9-7-6-8-10-16)21(28)26(22)20(17)23(29)32-15(4)33-24(30)31-14(2)3/h1,6-10,14-15,19,22H,11-13H2,2-4H3,(H,25,27)/t15?,19-,22-/m1/s1. The minimum atomic E-state index is -1.24. The Hall–Kier alpha value is -3.10. The summed E-state index contributed by atoms with van der Waals surface area (Å²) in [6.07, 6.45) is 2.89. The second-order valence-electron chi connectivity index (χ2n) is 7.89. The number of thioether (sulfide) groups is 2. The van der Waals surface area contributed by atoms with E-state index >= 15 is 0 Å². The fourth-order valence-electron chi connectivity index (χ4n) is 3.41. The summed E-state index contributed by atoms with van der Waals surface area (Å²) >= 11 is 2.67. The van der Waals surface area contributed by atoms with Gasteiger partial charge in [0.1, 0.15) is 17.1 Å². The number of β-lactam (4-membered cyclic amide) rings is 1. The maximum atomic E-state index is 13.0. The van der Waals surface area contributed by atoms with E-state index in [4.69, 9.17) is 20.6 Å². The molecule has 2 aliphatic heterocycles. The molecule has 1 aromatic rings. The van der Waals surface area contributed by atoms with Crippen LogP contribution in [0.2, 0.25) is 0 Å². The van der Waals surface area contributed by atoms with Crippen molar-refractivity contribution in [2.24, 2.45) is 0 Å². The molecule has 3 atom stereocenters. The van der Waals surface area contributed by atoms with Crippen molar-refractivity contribution in [3.63, 3.8) is 0 Å². The topological polar surface area (TPSA) is 111 Å². The molecule has 1 N–H and O–H groups in total. The number of carbonyl (C=O) groups excluding carboxylic acids is 4. The SMILES string of the molecule is C#CCSC1=C(C(=O)OC(C)OC(=O)OC(C)C)N2C(=O)[C@@H](NC(=O)Cc3ccccc3)[C@H]2SC1. The third-order valence-corrected chi connectivity index (χ3v) is 7.31. The molecule has 3 rings (SSSR count). The number of nitrogens with one attached hydrogen (secondary N) is 1. The van der Waals surface area contributed by atoms with Crippen LogP contribution in [0, 0.1) is 12.3 Å². The van der Waals surface area contributed by atoms with Gasteiger partial charge in [0, 0.05) is 17.6 Å². The van der Waals surface area contributed by atoms with Crippen molar-refractivity contribution in [3.8, 4) is 12.3 Å². The Labute approximate surface area is 212 Å². The van der Waals surface area contributed by atoms with Gasteiger partial charge >= 0.3 is 12.1 Å². The van der Waals surface area contributed by atoms with Crippen LogP contribution in [0.15, 0.2) is 40.9 Å². The highest BCUT2D eigenvalue weighted by Gasteiger charge is 2.54. The number of nitrogens with zero attached hydrogens (tertiary/aromatic N) is 1. The quantitative estimate of drug-likeness (QED) is 0.228. The van der Waals surface area contributed by atoms with E-state index in [1.54, 1.807) is 13.8 Å². The molecule has 0 radical (unpaired) electrons. The van der Waals surface area contributed by atoms with Crippen molar-refractivity contribution in [3.05, 3.63) is 46.5 Å². The Morgan fingerprint density at radius 1 is 1.20 bits per heavy atom. The first kappa shape index (κ1) is 26.5. The average molecular weight is 519 g/mol. The fourth-order valence-corrected chi connectivity index (χ4v) is 5.72. The van der Waals surface area contributed by atoms with Gasteiger partial charge in [-0.25, -0.2) is 9.59 Å². The molecular weight excluding hydrogens is 492 g/mol. The summed E-state index contributed by atoms with van der Waals surface area (Å²) in [6.45, 7) is 4.68. The number of fused-ring (bicyclic) bond motifs is 1. The molecule has 186 valence electrons. The van der Waals surface area contributed by atoms with Gasteiger partial charge in [0.05, 0.1) is 18.3 Å². The summed E-state index contributed by atoms with van der Waals surface area (Å²) < 4.78 is 15.1. The fraction of sp³-hybridized carbons (Fsp3) is 0.417. The number of carbonyl (C=O) groups is 4. The summed E-state index contributed by atoms with van der Waals surface area (Å²) in [5.41, 5.74) is 0.868. The number of benzene rings is 1. The van der Waals surface area contributed by atoms with Crippen LogP contribution < -0.4 is 5.32 Å². The Morgan fingerprint density at radius 3 is 2.57 bits per heavy atom. The molecule has 0 bridgehead atoms. The Kier molecular flexibility index (Phi) is 9.12. The molecule has 11 heteroatoms. The number of hydrogen-bond donors (Lipinski definition) is 1. The van der Waals surface area contributed by atoms with Crippen LogP contribution >= 0.6 is 23.5 Å². The number of ether oxygens (including phenoxy) is 3. The zero-order chi connectivity index (χ0) is 25.5. The number of hydrogen-bond acceptors (Lipinski definition) is 9. The molecule has 2 heterocycles. The van der Waals surface area contributed by atoms with Gasteiger partial charge in [0.15, 0.2) is 0 Å². The highest BCUT2D eigenvalue weighted by atomic mass is 32.2. The van der Waals surface area contributed by atoms with E-state index in [0.717, 1.165) is 5.56 Å². The number of rotatable bonds is 9. The minimum absolute atomic E-state index is 0.0419. The zero-order valence-electron chi connectivity index (χ0n) is 19.5. The number of amides is 2. The Bertz CT molecular complexity index is 1050. The average Bonchev–Trinajstić information content (AvgIpc) is 2.80. The molecule has 1 unspecified atom stereocenters. The summed E-state index contributed by atoms with van der Waals surface area (Å²) in [4.78, 5) is 52.1. The first-order chi connectivity index (χ1) is 16.7. The first-order valence-electron chi connectivity index (χ1n) is 10.9. The molecule has 0 spiro atoms. The van der Waals surface area contributed by atoms with E-state index in [-0.39, 0.29) is 18.0 Å². The highest BCUT2D eigenvalue weighted by Crippen LogP contribution is 2.43. The van der Waals surface area contributed by atoms with Gasteiger partial charge in [-0.3, -0.25) is 14.5 Å². The molecule has 2 amide bonds. The van der Waals surface area contributed by atoms with Crippen molar-refractivity contribution in [1.29, 1.82) is 0 Å². The summed E-state index contributed by atoms with van der Waals surface area (Å²) in [5, 5.41) is 2.30. The van der Waals surface area contributed by atoms with Crippen LogP contribution in [0.5, 0.6) is 0 Å². The van der Waals surface area contributed by atoms with Crippen LogP contribution in [-0.4, -0.2) is 64.2 Å². The summed E-state index contributed by atoms with van der Waals surface area (Å²) in [5.74, 6) is 1.64. The van der Waals surface area contributed by atoms with E-state index in [9.17, 15) is 19.2 Å². The predicted molar refractivity (Wildman–Crippen MR) is 132 cm³/mol. The van der Waals surface area contributed by atoms with Crippen molar-refractivity contribution in [2.75, 3.05) is 11.5 Å². The molecule has 1 aromatic carbocycles. The lowest BCUT2D eigenvalue weighted by atomic mass is 10.0. The van der Waals surface area contributed by atoms with Gasteiger partial charge < -0.3 is 19.5 Å². The largest absolute Gasteiger partial charge is 0.511 e. The third-order valence-electron chi connectivity index (χ3n) is 4.85. The Balaban J connectivity index is 1.69. The second kappa shape index (κ2) is 12.0. The molecule has 1 fully saturated rings. The van der Waals surface area contributed by atoms with E-state index in [1.165, 1.54) is 35.3 Å². The van der Waals surface area contributed by atoms with Crippen molar-refractivity contribution in [1.82, 2.24) is 10.2 Å². The van der Waals surface area contributed by atoms with Gasteiger partial charge in [-0.15, -0.1) is 29.9 Å². The predicted octanol–water partition coefficient (Wildman–Crippen LogP) is 2.66. The van der Waals surface area contributed by atoms with E-state index in [0.29, 0.717) is 16.4 Å². The van der Waals surface area contributed by atoms with Crippen LogP contribution in [0.4, 0.5) is 4.79 Å². The molecule has 2 aliphatic rings. The first-order valence-corrected chi connectivity index (χ1v) is 12.9. The third kappa shape index (κ3) is 6.74. The molecule has 9 nitrogen and oxygen atoms in total. The van der Waals surface area contributed by atoms with Gasteiger partial charge in [-0.1, -0.05) is 36.3 Å². The lowest BCUT2D eigenvalue weighted by Gasteiger charge is -2.49. The molecule has 0 aromatic heterocycles. The number of esters is 1. The molecule has 35 heavy (non-hydrogen) atoms. The maximum absolute atomic E-state index is 13.0. The van der Waals surface area contributed by atoms with Gasteiger partial charge in [-0.2, -0.15) is 0 Å². The lowest BCUT2D eigenvalue weighted by molar-refractivity contribution is -0.169. The van der Waals surface area contributed by atoms with Crippen LogP contribution in [0.25, 0.3) is 0 Å². The van der Waals surface area contributed by atoms with Gasteiger partial charge in [0.25, 0.3) is 5.91 Å². The molecular formula is C24H26N2O7S2. The van der Waals surface area contributed by atoms with E-state index in [2.05, 4.69) is 11.2 Å². The van der Waals surface area contributed by atoms with Gasteiger partial charge in [-0.05, 0) is 19.4 Å². The number of terminal acetylenes is 1. The van der Waals surface area contributed by atoms with Crippen LogP contribution in [-0.2, 0) is 35.0 Å². The van der Waals surface area contributed by atoms with Crippen LogP contribution in [0.1, 0.15) is 26.3 Å². The Morgan fingerprint density at radius 2 is 1.91 bits per heavy atom. The summed E-state index contributed by atoms with van der Waals surface area (Å²) in [6, 6.07) is 8.41. The smallest absolute Gasteiger partial charge is 0.431 e. The zero-order valence-corrected chi connectivity index (χ0v) is 21.1. The summed E-state index contributed by atoms with van der Waals surface area (Å²) in [7, 11) is 0. The molecule has 0 aliphatic carbocycles. The van der Waals surface area contributed by atoms with Crippen molar-refractivity contribution < 1.29 is 33.4 Å². The maximum Gasteiger partial charge on any atom is 0.511 e. The highest BCUT2D eigenvalue weighted by molar-refractivity contribution is 8.06. The van der Waals surface area contributed by atoms with Gasteiger partial charge in [0.2, 0.25) is 12.2 Å². The van der Waals surface area contributed by atoms with Crippen molar-refractivity contribution >= 4 is 47.5 Å². The minimum Gasteiger partial charge on any atom is -0.431 e.